The van der Waals surface area contributed by atoms with Crippen LogP contribution in [0, 0.1) is 20.8 Å². The molecule has 1 aromatic carbocycles. The van der Waals surface area contributed by atoms with E-state index in [1.54, 1.807) is 6.21 Å². The van der Waals surface area contributed by atoms with Crippen LogP contribution in [0.2, 0.25) is 0 Å². The lowest BCUT2D eigenvalue weighted by atomic mass is 10.1. The maximum atomic E-state index is 12.0. The fourth-order valence-corrected chi connectivity index (χ4v) is 3.61. The van der Waals surface area contributed by atoms with Crippen LogP contribution in [-0.4, -0.2) is 41.2 Å². The first kappa shape index (κ1) is 18.4. The fraction of sp³-hybridized carbons (Fsp3) is 0.429. The van der Waals surface area contributed by atoms with Crippen molar-refractivity contribution in [2.75, 3.05) is 19.6 Å². The van der Waals surface area contributed by atoms with Gasteiger partial charge in [0.1, 0.15) is 0 Å². The predicted molar refractivity (Wildman–Crippen MR) is 106 cm³/mol. The zero-order chi connectivity index (χ0) is 18.5. The van der Waals surface area contributed by atoms with E-state index in [4.69, 9.17) is 0 Å². The number of likely N-dealkylation sites (tertiary alicyclic amines) is 1. The molecule has 2 heterocycles. The van der Waals surface area contributed by atoms with Gasteiger partial charge in [0.05, 0.1) is 12.8 Å². The Morgan fingerprint density at radius 1 is 1.15 bits per heavy atom. The summed E-state index contributed by atoms with van der Waals surface area (Å²) in [6.07, 6.45) is 5.37. The molecule has 1 fully saturated rings. The molecule has 0 bridgehead atoms. The Bertz CT molecular complexity index is 800. The van der Waals surface area contributed by atoms with Crippen molar-refractivity contribution >= 4 is 12.1 Å². The summed E-state index contributed by atoms with van der Waals surface area (Å²) in [5.74, 6) is -0.0457. The lowest BCUT2D eigenvalue weighted by Gasteiger charge is -2.25. The Balaban J connectivity index is 1.65. The molecule has 0 spiro atoms. The molecule has 1 N–H and O–H groups in total. The highest BCUT2D eigenvalue weighted by Crippen LogP contribution is 2.20. The normalized spacial score (nSPS) is 15.5. The molecule has 138 valence electrons. The second-order valence-electron chi connectivity index (χ2n) is 7.13. The van der Waals surface area contributed by atoms with Gasteiger partial charge in [-0.1, -0.05) is 18.6 Å². The van der Waals surface area contributed by atoms with E-state index in [0.29, 0.717) is 6.54 Å². The number of hydrazone groups is 1. The maximum Gasteiger partial charge on any atom is 0.254 e. The standard InChI is InChI=1S/C21H28N4O/c1-16-8-7-9-20(12-16)25-17(2)13-19(18(25)3)14-22-23-21(26)15-24-10-5-4-6-11-24/h7-9,12-14H,4-6,10-11,15H2,1-3H3,(H,23,26)/b22-14+. The first-order valence-electron chi connectivity index (χ1n) is 9.35. The lowest BCUT2D eigenvalue weighted by molar-refractivity contribution is -0.122. The summed E-state index contributed by atoms with van der Waals surface area (Å²) in [6, 6.07) is 10.5. The molecule has 1 saturated heterocycles. The molecule has 0 saturated carbocycles. The van der Waals surface area contributed by atoms with Gasteiger partial charge in [0, 0.05) is 22.6 Å². The third-order valence-electron chi connectivity index (χ3n) is 4.94. The SMILES string of the molecule is Cc1cccc(-n2c(C)cc(/C=N/NC(=O)CN3CCCCC3)c2C)c1. The van der Waals surface area contributed by atoms with Gasteiger partial charge in [-0.15, -0.1) is 0 Å². The van der Waals surface area contributed by atoms with E-state index >= 15 is 0 Å². The Labute approximate surface area is 155 Å². The van der Waals surface area contributed by atoms with E-state index in [1.807, 2.05) is 0 Å². The number of nitrogens with zero attached hydrogens (tertiary/aromatic N) is 3. The molecule has 0 aliphatic carbocycles. The number of aromatic nitrogens is 1. The van der Waals surface area contributed by atoms with Gasteiger partial charge in [0.2, 0.25) is 0 Å². The summed E-state index contributed by atoms with van der Waals surface area (Å²) in [4.78, 5) is 14.2. The zero-order valence-corrected chi connectivity index (χ0v) is 16.0. The molecule has 0 radical (unpaired) electrons. The quantitative estimate of drug-likeness (QED) is 0.663. The minimum absolute atomic E-state index is 0.0457. The van der Waals surface area contributed by atoms with Crippen LogP contribution >= 0.6 is 0 Å². The number of amides is 1. The van der Waals surface area contributed by atoms with Gasteiger partial charge < -0.3 is 4.57 Å². The number of hydrogen-bond donors (Lipinski definition) is 1. The van der Waals surface area contributed by atoms with E-state index < -0.39 is 0 Å². The highest BCUT2D eigenvalue weighted by Gasteiger charge is 2.13. The van der Waals surface area contributed by atoms with Crippen molar-refractivity contribution in [3.63, 3.8) is 0 Å². The third-order valence-corrected chi connectivity index (χ3v) is 4.94. The van der Waals surface area contributed by atoms with E-state index in [2.05, 4.69) is 71.1 Å². The Kier molecular flexibility index (Phi) is 5.89. The summed E-state index contributed by atoms with van der Waals surface area (Å²) < 4.78 is 2.21. The molecule has 1 aliphatic rings. The summed E-state index contributed by atoms with van der Waals surface area (Å²) in [6.45, 7) is 8.70. The van der Waals surface area contributed by atoms with Crippen molar-refractivity contribution in [1.29, 1.82) is 0 Å². The van der Waals surface area contributed by atoms with Gasteiger partial charge >= 0.3 is 0 Å². The number of carbonyl (C=O) groups excluding carboxylic acids is 1. The summed E-state index contributed by atoms with van der Waals surface area (Å²) in [7, 11) is 0. The molecule has 1 aromatic heterocycles. The number of rotatable bonds is 5. The van der Waals surface area contributed by atoms with E-state index in [0.717, 1.165) is 35.7 Å². The van der Waals surface area contributed by atoms with E-state index in [-0.39, 0.29) is 5.91 Å². The largest absolute Gasteiger partial charge is 0.318 e. The highest BCUT2D eigenvalue weighted by molar-refractivity contribution is 5.84. The van der Waals surface area contributed by atoms with Crippen molar-refractivity contribution < 1.29 is 4.79 Å². The molecule has 5 nitrogen and oxygen atoms in total. The molecule has 1 amide bonds. The number of nitrogens with one attached hydrogen (secondary N) is 1. The van der Waals surface area contributed by atoms with Crippen molar-refractivity contribution in [3.8, 4) is 5.69 Å². The fourth-order valence-electron chi connectivity index (χ4n) is 3.61. The van der Waals surface area contributed by atoms with Crippen molar-refractivity contribution in [1.82, 2.24) is 14.9 Å². The smallest absolute Gasteiger partial charge is 0.254 e. The highest BCUT2D eigenvalue weighted by atomic mass is 16.2. The average Bonchev–Trinajstić information content (AvgIpc) is 2.89. The van der Waals surface area contributed by atoms with Crippen molar-refractivity contribution in [2.24, 2.45) is 5.10 Å². The van der Waals surface area contributed by atoms with Gasteiger partial charge in [-0.25, -0.2) is 5.43 Å². The molecule has 26 heavy (non-hydrogen) atoms. The number of hydrogen-bond acceptors (Lipinski definition) is 3. The Morgan fingerprint density at radius 2 is 1.92 bits per heavy atom. The lowest BCUT2D eigenvalue weighted by Crippen LogP contribution is -2.38. The van der Waals surface area contributed by atoms with Gasteiger partial charge in [0.15, 0.2) is 0 Å². The van der Waals surface area contributed by atoms with Gasteiger partial charge in [-0.2, -0.15) is 5.10 Å². The minimum Gasteiger partial charge on any atom is -0.318 e. The van der Waals surface area contributed by atoms with Crippen LogP contribution in [0.4, 0.5) is 0 Å². The molecule has 0 atom stereocenters. The predicted octanol–water partition coefficient (Wildman–Crippen LogP) is 3.34. The van der Waals surface area contributed by atoms with Gasteiger partial charge in [0.25, 0.3) is 5.91 Å². The van der Waals surface area contributed by atoms with Crippen molar-refractivity contribution in [2.45, 2.75) is 40.0 Å². The molecule has 3 rings (SSSR count). The topological polar surface area (TPSA) is 49.6 Å². The average molecular weight is 352 g/mol. The van der Waals surface area contributed by atoms with Crippen LogP contribution in [0.1, 0.15) is 41.8 Å². The summed E-state index contributed by atoms with van der Waals surface area (Å²) >= 11 is 0. The third kappa shape index (κ3) is 4.41. The van der Waals surface area contributed by atoms with Crippen LogP contribution in [0.25, 0.3) is 5.69 Å². The number of piperidine rings is 1. The van der Waals surface area contributed by atoms with Crippen LogP contribution < -0.4 is 5.43 Å². The molecular formula is C21H28N4O. The number of aryl methyl sites for hydroxylation is 2. The second kappa shape index (κ2) is 8.32. The summed E-state index contributed by atoms with van der Waals surface area (Å²) in [5, 5.41) is 4.17. The number of benzene rings is 1. The first-order valence-corrected chi connectivity index (χ1v) is 9.35. The van der Waals surface area contributed by atoms with E-state index in [1.165, 1.54) is 24.8 Å². The first-order chi connectivity index (χ1) is 12.5. The molecular weight excluding hydrogens is 324 g/mol. The minimum atomic E-state index is -0.0457. The van der Waals surface area contributed by atoms with Crippen molar-refractivity contribution in [3.05, 3.63) is 52.8 Å². The van der Waals surface area contributed by atoms with Crippen LogP contribution in [0.15, 0.2) is 35.4 Å². The Hall–Kier alpha value is -2.40. The molecule has 5 heteroatoms. The number of carbonyl (C=O) groups is 1. The zero-order valence-electron chi connectivity index (χ0n) is 16.0. The van der Waals surface area contributed by atoms with E-state index in [9.17, 15) is 4.79 Å². The molecule has 1 aliphatic heterocycles. The maximum absolute atomic E-state index is 12.0. The van der Waals surface area contributed by atoms with Crippen LogP contribution in [0.5, 0.6) is 0 Å². The second-order valence-corrected chi connectivity index (χ2v) is 7.13. The summed E-state index contributed by atoms with van der Waals surface area (Å²) in [5.41, 5.74) is 8.32. The Morgan fingerprint density at radius 3 is 2.65 bits per heavy atom. The van der Waals surface area contributed by atoms with Gasteiger partial charge in [-0.05, 0) is 70.5 Å². The monoisotopic (exact) mass is 352 g/mol. The molecule has 0 unspecified atom stereocenters. The van der Waals surface area contributed by atoms with Crippen LogP contribution in [-0.2, 0) is 4.79 Å². The molecule has 2 aromatic rings. The van der Waals surface area contributed by atoms with Gasteiger partial charge in [-0.3, -0.25) is 9.69 Å². The van der Waals surface area contributed by atoms with Crippen LogP contribution in [0.3, 0.4) is 0 Å².